The normalized spacial score (nSPS) is 30.6. The molecule has 2 aliphatic heterocycles. The Kier molecular flexibility index (Phi) is 5.99. The molecular formula is C19H35NO3. The van der Waals surface area contributed by atoms with E-state index in [9.17, 15) is 9.90 Å². The molecule has 1 N–H and O–H groups in total. The van der Waals surface area contributed by atoms with E-state index in [0.717, 1.165) is 38.5 Å². The van der Waals surface area contributed by atoms with Gasteiger partial charge in [-0.1, -0.05) is 39.0 Å². The third kappa shape index (κ3) is 5.10. The summed E-state index contributed by atoms with van der Waals surface area (Å²) in [6.07, 6.45) is 10.2. The lowest BCUT2D eigenvalue weighted by molar-refractivity contribution is -0.0635. The van der Waals surface area contributed by atoms with Crippen molar-refractivity contribution in [1.29, 1.82) is 0 Å². The van der Waals surface area contributed by atoms with Crippen LogP contribution in [0.4, 0.5) is 4.79 Å². The first kappa shape index (κ1) is 18.6. The molecule has 0 radical (unpaired) electrons. The van der Waals surface area contributed by atoms with Crippen molar-refractivity contribution >= 4 is 6.09 Å². The predicted molar refractivity (Wildman–Crippen MR) is 92.4 cm³/mol. The lowest BCUT2D eigenvalue weighted by Gasteiger charge is -2.44. The van der Waals surface area contributed by atoms with Crippen molar-refractivity contribution in [3.05, 3.63) is 0 Å². The van der Waals surface area contributed by atoms with E-state index >= 15 is 0 Å². The fourth-order valence-corrected chi connectivity index (χ4v) is 4.20. The maximum atomic E-state index is 12.4. The Morgan fingerprint density at radius 3 is 2.22 bits per heavy atom. The number of unbranched alkanes of at least 4 members (excludes halogenated alkanes) is 4. The fraction of sp³-hybridized carbons (Fsp3) is 0.947. The molecule has 0 aromatic heterocycles. The van der Waals surface area contributed by atoms with Gasteiger partial charge in [-0.15, -0.1) is 0 Å². The Morgan fingerprint density at radius 2 is 1.70 bits per heavy atom. The summed E-state index contributed by atoms with van der Waals surface area (Å²) in [6, 6.07) is 0.313. The van der Waals surface area contributed by atoms with Gasteiger partial charge in [-0.3, -0.25) is 0 Å². The Labute approximate surface area is 141 Å². The molecular weight excluding hydrogens is 290 g/mol. The number of carbonyl (C=O) groups excluding carboxylic acids is 1. The number of ether oxygens (including phenoxy) is 1. The second-order valence-corrected chi connectivity index (χ2v) is 8.57. The van der Waals surface area contributed by atoms with Gasteiger partial charge in [0.25, 0.3) is 0 Å². The molecule has 0 spiro atoms. The number of fused-ring (bicyclic) bond motifs is 2. The summed E-state index contributed by atoms with van der Waals surface area (Å²) >= 11 is 0. The van der Waals surface area contributed by atoms with E-state index < -0.39 is 11.2 Å². The number of aliphatic hydroxyl groups is 1. The zero-order valence-corrected chi connectivity index (χ0v) is 15.4. The van der Waals surface area contributed by atoms with E-state index in [2.05, 4.69) is 6.92 Å². The molecule has 23 heavy (non-hydrogen) atoms. The largest absolute Gasteiger partial charge is 0.444 e. The zero-order chi connectivity index (χ0) is 17.1. The van der Waals surface area contributed by atoms with Crippen molar-refractivity contribution in [3.63, 3.8) is 0 Å². The SMILES string of the molecule is CCCCCCCC1(O)CC2CCC(C1)N2C(=O)OC(C)(C)C. The van der Waals surface area contributed by atoms with Crippen LogP contribution in [0.5, 0.6) is 0 Å². The highest BCUT2D eigenvalue weighted by atomic mass is 16.6. The van der Waals surface area contributed by atoms with Crippen LogP contribution in [-0.4, -0.2) is 39.4 Å². The van der Waals surface area contributed by atoms with E-state index in [1.54, 1.807) is 0 Å². The summed E-state index contributed by atoms with van der Waals surface area (Å²) in [7, 11) is 0. The topological polar surface area (TPSA) is 49.8 Å². The summed E-state index contributed by atoms with van der Waals surface area (Å²) in [5.74, 6) is 0. The number of carbonyl (C=O) groups is 1. The molecule has 2 heterocycles. The van der Waals surface area contributed by atoms with Gasteiger partial charge in [0.1, 0.15) is 5.60 Å². The van der Waals surface area contributed by atoms with E-state index in [0.29, 0.717) is 0 Å². The van der Waals surface area contributed by atoms with Crippen LogP contribution in [0, 0.1) is 0 Å². The van der Waals surface area contributed by atoms with Crippen LogP contribution < -0.4 is 0 Å². The van der Waals surface area contributed by atoms with Gasteiger partial charge >= 0.3 is 6.09 Å². The van der Waals surface area contributed by atoms with E-state index in [1.165, 1.54) is 25.7 Å². The number of hydrogen-bond acceptors (Lipinski definition) is 3. The van der Waals surface area contributed by atoms with Gasteiger partial charge in [0.15, 0.2) is 0 Å². The van der Waals surface area contributed by atoms with Crippen molar-refractivity contribution in [2.75, 3.05) is 0 Å². The van der Waals surface area contributed by atoms with Gasteiger partial charge in [-0.2, -0.15) is 0 Å². The molecule has 2 unspecified atom stereocenters. The number of nitrogens with zero attached hydrogens (tertiary/aromatic N) is 1. The quantitative estimate of drug-likeness (QED) is 0.724. The van der Waals surface area contributed by atoms with Crippen LogP contribution >= 0.6 is 0 Å². The van der Waals surface area contributed by atoms with Crippen molar-refractivity contribution < 1.29 is 14.6 Å². The minimum absolute atomic E-state index is 0.157. The molecule has 1 amide bonds. The summed E-state index contributed by atoms with van der Waals surface area (Å²) in [5.41, 5.74) is -1.03. The lowest BCUT2D eigenvalue weighted by Crippen LogP contribution is -2.54. The fourth-order valence-electron chi connectivity index (χ4n) is 4.20. The Morgan fingerprint density at radius 1 is 1.13 bits per heavy atom. The van der Waals surface area contributed by atoms with Gasteiger partial charge in [0, 0.05) is 12.1 Å². The molecule has 2 fully saturated rings. The molecule has 134 valence electrons. The molecule has 0 saturated carbocycles. The molecule has 0 aliphatic carbocycles. The van der Waals surface area contributed by atoms with Gasteiger partial charge in [-0.05, 0) is 52.9 Å². The average molecular weight is 325 g/mol. The summed E-state index contributed by atoms with van der Waals surface area (Å²) in [4.78, 5) is 14.4. The van der Waals surface area contributed by atoms with Crippen LogP contribution in [0.3, 0.4) is 0 Å². The summed E-state index contributed by atoms with van der Waals surface area (Å²) < 4.78 is 5.56. The van der Waals surface area contributed by atoms with Crippen molar-refractivity contribution in [2.45, 2.75) is 115 Å². The van der Waals surface area contributed by atoms with Gasteiger partial charge < -0.3 is 14.7 Å². The van der Waals surface area contributed by atoms with Crippen LogP contribution in [0.1, 0.15) is 91.9 Å². The molecule has 0 aromatic carbocycles. The Balaban J connectivity index is 1.87. The second-order valence-electron chi connectivity index (χ2n) is 8.57. The summed E-state index contributed by atoms with van der Waals surface area (Å²) in [5, 5.41) is 11.0. The molecule has 2 atom stereocenters. The number of hydrogen-bond donors (Lipinski definition) is 1. The predicted octanol–water partition coefficient (Wildman–Crippen LogP) is 4.64. The minimum atomic E-state index is -0.573. The summed E-state index contributed by atoms with van der Waals surface area (Å²) in [6.45, 7) is 7.94. The van der Waals surface area contributed by atoms with Crippen LogP contribution in [-0.2, 0) is 4.74 Å². The minimum Gasteiger partial charge on any atom is -0.444 e. The standard InChI is InChI=1S/C19H35NO3/c1-5-6-7-8-9-12-19(22)13-15-10-11-16(14-19)20(15)17(21)23-18(2,3)4/h15-16,22H,5-14H2,1-4H3. The molecule has 2 aliphatic rings. The van der Waals surface area contributed by atoms with Gasteiger partial charge in [0.2, 0.25) is 0 Å². The average Bonchev–Trinajstić information content (AvgIpc) is 2.70. The first-order valence-corrected chi connectivity index (χ1v) is 9.48. The second kappa shape index (κ2) is 7.42. The highest BCUT2D eigenvalue weighted by Crippen LogP contribution is 2.43. The van der Waals surface area contributed by atoms with Crippen LogP contribution in [0.15, 0.2) is 0 Å². The molecule has 4 heteroatoms. The third-order valence-electron chi connectivity index (χ3n) is 5.20. The van der Waals surface area contributed by atoms with Crippen molar-refractivity contribution in [1.82, 2.24) is 4.90 Å². The molecule has 2 rings (SSSR count). The third-order valence-corrected chi connectivity index (χ3v) is 5.20. The Hall–Kier alpha value is -0.770. The maximum Gasteiger partial charge on any atom is 0.410 e. The first-order chi connectivity index (χ1) is 10.7. The van der Waals surface area contributed by atoms with Crippen molar-refractivity contribution in [2.24, 2.45) is 0 Å². The van der Waals surface area contributed by atoms with Gasteiger partial charge in [0.05, 0.1) is 5.60 Å². The molecule has 4 nitrogen and oxygen atoms in total. The lowest BCUT2D eigenvalue weighted by atomic mass is 9.82. The van der Waals surface area contributed by atoms with Crippen LogP contribution in [0.2, 0.25) is 0 Å². The van der Waals surface area contributed by atoms with Crippen molar-refractivity contribution in [3.8, 4) is 0 Å². The Bertz CT molecular complexity index is 388. The molecule has 0 aromatic rings. The number of piperidine rings is 1. The molecule has 2 saturated heterocycles. The highest BCUT2D eigenvalue weighted by molar-refractivity contribution is 5.69. The van der Waals surface area contributed by atoms with E-state index in [4.69, 9.17) is 4.74 Å². The number of amides is 1. The zero-order valence-electron chi connectivity index (χ0n) is 15.4. The van der Waals surface area contributed by atoms with E-state index in [1.807, 2.05) is 25.7 Å². The van der Waals surface area contributed by atoms with Gasteiger partial charge in [-0.25, -0.2) is 4.79 Å². The first-order valence-electron chi connectivity index (χ1n) is 9.48. The molecule has 2 bridgehead atoms. The van der Waals surface area contributed by atoms with E-state index in [-0.39, 0.29) is 18.2 Å². The smallest absolute Gasteiger partial charge is 0.410 e. The number of rotatable bonds is 6. The maximum absolute atomic E-state index is 12.4. The van der Waals surface area contributed by atoms with Crippen LogP contribution in [0.25, 0.3) is 0 Å². The monoisotopic (exact) mass is 325 g/mol. The highest BCUT2D eigenvalue weighted by Gasteiger charge is 2.49.